The van der Waals surface area contributed by atoms with Gasteiger partial charge in [0.15, 0.2) is 0 Å². The second-order valence-electron chi connectivity index (χ2n) is 20.9. The molecule has 0 saturated heterocycles. The molecule has 0 unspecified atom stereocenters. The quantitative estimate of drug-likeness (QED) is 0.149. The molecule has 2 aromatic heterocycles. The summed E-state index contributed by atoms with van der Waals surface area (Å²) >= 11 is 0. The number of benzene rings is 7. The molecular weight excluding hydrogens is 1000 g/mol. The first-order valence-corrected chi connectivity index (χ1v) is 23.0. The number of hydrogen-bond donors (Lipinski definition) is 0. The number of aryl methyl sites for hydroxylation is 2. The average molecular weight is 1060 g/mol. The predicted octanol–water partition coefficient (Wildman–Crippen LogP) is 15.7. The number of aromatic nitrogens is 3. The average Bonchev–Trinajstić information content (AvgIpc) is 3.99. The third-order valence-electron chi connectivity index (χ3n) is 12.9. The van der Waals surface area contributed by atoms with Crippen LogP contribution in [-0.2, 0) is 31.9 Å². The number of anilines is 2. The third-order valence-corrected chi connectivity index (χ3v) is 12.9. The van der Waals surface area contributed by atoms with Crippen molar-refractivity contribution in [3.8, 4) is 34.3 Å². The van der Waals surface area contributed by atoms with E-state index in [9.17, 15) is 0 Å². The molecule has 3 heterocycles. The summed E-state index contributed by atoms with van der Waals surface area (Å²) in [5, 5.41) is 2.19. The minimum absolute atomic E-state index is 0. The molecule has 6 nitrogen and oxygen atoms in total. The van der Waals surface area contributed by atoms with Gasteiger partial charge >= 0.3 is 0 Å². The standard InChI is InChI=1S/C60H58N5O.Pt/c1-39-20-19-21-40(2)56(39)65-53-27-18-16-25-51(53)61-57(65)64-52-26-17-15-24-49(52)50-29-28-47(36-54(50)64)66-48-31-42(41-22-13-12-14-23-41)30-46(35-48)63-38-62(37-55(63)60(9,10)11)45-33-43(58(3,4)5)32-44(34-45)59(6,7)8;/h12-34,37-38H,1-11H3;/q-3;. The van der Waals surface area contributed by atoms with Crippen molar-refractivity contribution in [3.05, 3.63) is 192 Å². The van der Waals surface area contributed by atoms with Crippen LogP contribution in [0.1, 0.15) is 84.6 Å². The number of imidazole rings is 1. The van der Waals surface area contributed by atoms with Crippen molar-refractivity contribution in [2.45, 2.75) is 87.0 Å². The van der Waals surface area contributed by atoms with Crippen LogP contribution in [0.2, 0.25) is 0 Å². The summed E-state index contributed by atoms with van der Waals surface area (Å²) in [6, 6.07) is 56.9. The molecule has 0 radical (unpaired) electrons. The molecule has 7 aromatic carbocycles. The van der Waals surface area contributed by atoms with E-state index in [0.717, 1.165) is 72.7 Å². The van der Waals surface area contributed by atoms with Crippen molar-refractivity contribution < 1.29 is 25.8 Å². The van der Waals surface area contributed by atoms with Gasteiger partial charge in [0.05, 0.1) is 16.7 Å². The van der Waals surface area contributed by atoms with Crippen molar-refractivity contribution >= 4 is 44.2 Å². The van der Waals surface area contributed by atoms with Gasteiger partial charge in [0.1, 0.15) is 0 Å². The van der Waals surface area contributed by atoms with Crippen LogP contribution in [0.5, 0.6) is 11.5 Å². The maximum atomic E-state index is 6.96. The molecule has 0 atom stereocenters. The molecule has 67 heavy (non-hydrogen) atoms. The zero-order valence-electron chi connectivity index (χ0n) is 40.4. The van der Waals surface area contributed by atoms with Crippen LogP contribution < -0.4 is 14.5 Å². The van der Waals surface area contributed by atoms with E-state index < -0.39 is 0 Å². The number of allylic oxidation sites excluding steroid dienone is 1. The number of para-hydroxylation sites is 4. The molecule has 0 amide bonds. The number of ether oxygens (including phenoxy) is 1. The molecular formula is C60H58N5OPt-3. The number of fused-ring (bicyclic) bond motifs is 4. The molecule has 0 N–H and O–H groups in total. The Labute approximate surface area is 410 Å². The molecule has 0 saturated carbocycles. The van der Waals surface area contributed by atoms with Crippen molar-refractivity contribution in [2.75, 3.05) is 9.80 Å². The van der Waals surface area contributed by atoms with Gasteiger partial charge in [-0.05, 0) is 94.4 Å². The van der Waals surface area contributed by atoms with Crippen molar-refractivity contribution in [1.82, 2.24) is 14.1 Å². The number of hydrogen-bond acceptors (Lipinski definition) is 4. The molecule has 1 aliphatic heterocycles. The first-order chi connectivity index (χ1) is 31.4. The summed E-state index contributed by atoms with van der Waals surface area (Å²) in [4.78, 5) is 9.92. The van der Waals surface area contributed by atoms with Crippen LogP contribution >= 0.6 is 0 Å². The summed E-state index contributed by atoms with van der Waals surface area (Å²) in [5.41, 5.74) is 15.0. The van der Waals surface area contributed by atoms with Crippen LogP contribution in [0.25, 0.3) is 55.6 Å². The first kappa shape index (κ1) is 45.8. The van der Waals surface area contributed by atoms with E-state index >= 15 is 0 Å². The largest absolute Gasteiger partial charge is 0.509 e. The summed E-state index contributed by atoms with van der Waals surface area (Å²) in [6.45, 7) is 27.1. The zero-order valence-corrected chi connectivity index (χ0v) is 42.7. The molecule has 1 aliphatic rings. The van der Waals surface area contributed by atoms with Crippen molar-refractivity contribution in [2.24, 2.45) is 5.41 Å². The molecule has 0 spiro atoms. The fourth-order valence-corrected chi connectivity index (χ4v) is 9.24. The van der Waals surface area contributed by atoms with Crippen LogP contribution in [0, 0.1) is 38.1 Å². The van der Waals surface area contributed by atoms with E-state index in [1.807, 2.05) is 6.07 Å². The normalized spacial score (nSPS) is 13.4. The van der Waals surface area contributed by atoms with Crippen LogP contribution in [-0.4, -0.2) is 14.1 Å². The smallest absolute Gasteiger partial charge is 0.218 e. The Morgan fingerprint density at radius 3 is 1.87 bits per heavy atom. The predicted molar refractivity (Wildman–Crippen MR) is 275 cm³/mol. The van der Waals surface area contributed by atoms with Gasteiger partial charge in [-0.25, -0.2) is 4.98 Å². The Balaban J connectivity index is 0.00000562. The molecule has 7 heteroatoms. The SMILES string of the molecule is Cc1cccc(C)c1-n1c(-n2c3[c-]c(Oc4[c-]c(N5[CH-]N(c6cc(C(C)(C)C)cc(C(C)(C)C)c6)C=C5C(C)(C)C)cc(-c5ccccc5)c4)ccc3c3ccccc32)nc2ccccc21.[Pt]. The van der Waals surface area contributed by atoms with Crippen LogP contribution in [0.3, 0.4) is 0 Å². The number of nitrogens with zero attached hydrogens (tertiary/aromatic N) is 5. The Morgan fingerprint density at radius 1 is 0.552 bits per heavy atom. The molecule has 9 aromatic rings. The second-order valence-corrected chi connectivity index (χ2v) is 20.9. The van der Waals surface area contributed by atoms with E-state index in [0.29, 0.717) is 11.5 Å². The maximum Gasteiger partial charge on any atom is 0.218 e. The zero-order chi connectivity index (χ0) is 46.3. The van der Waals surface area contributed by atoms with Gasteiger partial charge in [0.2, 0.25) is 5.95 Å². The van der Waals surface area contributed by atoms with Gasteiger partial charge in [0, 0.05) is 54.9 Å². The third kappa shape index (κ3) is 8.50. The van der Waals surface area contributed by atoms with Gasteiger partial charge in [0.25, 0.3) is 0 Å². The van der Waals surface area contributed by atoms with Crippen LogP contribution in [0.4, 0.5) is 11.4 Å². The fourth-order valence-electron chi connectivity index (χ4n) is 9.24. The molecule has 0 fully saturated rings. The van der Waals surface area contributed by atoms with Gasteiger partial charge in [-0.1, -0.05) is 153 Å². The fraction of sp³-hybridized carbons (Fsp3) is 0.233. The summed E-state index contributed by atoms with van der Waals surface area (Å²) in [5.74, 6) is 1.98. The van der Waals surface area contributed by atoms with E-state index in [4.69, 9.17) is 9.72 Å². The van der Waals surface area contributed by atoms with E-state index in [-0.39, 0.29) is 37.3 Å². The minimum Gasteiger partial charge on any atom is -0.509 e. The summed E-state index contributed by atoms with van der Waals surface area (Å²) in [6.07, 6.45) is 2.28. The molecule has 0 bridgehead atoms. The summed E-state index contributed by atoms with van der Waals surface area (Å²) in [7, 11) is 0. The minimum atomic E-state index is -0.198. The maximum absolute atomic E-state index is 6.96. The van der Waals surface area contributed by atoms with Crippen molar-refractivity contribution in [1.29, 1.82) is 0 Å². The Kier molecular flexibility index (Phi) is 11.7. The Bertz CT molecular complexity index is 3300. The Hall–Kier alpha value is -6.36. The Morgan fingerprint density at radius 2 is 1.19 bits per heavy atom. The van der Waals surface area contributed by atoms with Gasteiger partial charge in [-0.3, -0.25) is 4.57 Å². The van der Waals surface area contributed by atoms with Crippen molar-refractivity contribution in [3.63, 3.8) is 0 Å². The monoisotopic (exact) mass is 1060 g/mol. The molecule has 0 aliphatic carbocycles. The molecule has 10 rings (SSSR count). The first-order valence-electron chi connectivity index (χ1n) is 23.0. The second kappa shape index (κ2) is 17.1. The van der Waals surface area contributed by atoms with E-state index in [1.165, 1.54) is 22.3 Å². The van der Waals surface area contributed by atoms with E-state index in [1.54, 1.807) is 0 Å². The van der Waals surface area contributed by atoms with Gasteiger partial charge in [-0.2, -0.15) is 6.07 Å². The van der Waals surface area contributed by atoms with Crippen LogP contribution in [0.15, 0.2) is 151 Å². The number of rotatable bonds is 7. The molecule has 342 valence electrons. The summed E-state index contributed by atoms with van der Waals surface area (Å²) < 4.78 is 11.5. The van der Waals surface area contributed by atoms with E-state index in [2.05, 4.69) is 254 Å². The van der Waals surface area contributed by atoms with Gasteiger partial charge in [-0.15, -0.1) is 53.6 Å². The van der Waals surface area contributed by atoms with Gasteiger partial charge < -0.3 is 19.1 Å². The topological polar surface area (TPSA) is 38.5 Å².